The van der Waals surface area contributed by atoms with Crippen molar-refractivity contribution in [2.75, 3.05) is 19.6 Å². The molecule has 2 aliphatic rings. The normalized spacial score (nSPS) is 17.3. The van der Waals surface area contributed by atoms with Crippen LogP contribution in [0.3, 0.4) is 0 Å². The Morgan fingerprint density at radius 2 is 1.45 bits per heavy atom. The molecular weight excluding hydrogens is 384 g/mol. The predicted molar refractivity (Wildman–Crippen MR) is 128 cm³/mol. The van der Waals surface area contributed by atoms with Crippen molar-refractivity contribution in [3.63, 3.8) is 0 Å². The molecule has 3 rings (SSSR count). The monoisotopic (exact) mass is 424 g/mol. The van der Waals surface area contributed by atoms with Crippen LogP contribution < -0.4 is 0 Å². The number of hydrogen-bond acceptors (Lipinski definition) is 3. The van der Waals surface area contributed by atoms with Crippen LogP contribution in [0.4, 0.5) is 0 Å². The maximum absolute atomic E-state index is 13.5. The lowest BCUT2D eigenvalue weighted by Gasteiger charge is -2.29. The minimum absolute atomic E-state index is 0.0789. The van der Waals surface area contributed by atoms with E-state index in [1.54, 1.807) is 0 Å². The summed E-state index contributed by atoms with van der Waals surface area (Å²) in [6, 6.07) is 6.17. The highest BCUT2D eigenvalue weighted by Gasteiger charge is 2.41. The van der Waals surface area contributed by atoms with E-state index in [2.05, 4.69) is 24.8 Å². The van der Waals surface area contributed by atoms with Gasteiger partial charge in [0, 0.05) is 19.6 Å². The van der Waals surface area contributed by atoms with Gasteiger partial charge in [0.15, 0.2) is 0 Å². The third-order valence-electron chi connectivity index (χ3n) is 6.70. The van der Waals surface area contributed by atoms with Crippen LogP contribution in [0.1, 0.15) is 94.2 Å². The Morgan fingerprint density at radius 1 is 0.806 bits per heavy atom. The molecule has 1 aromatic carbocycles. The molecule has 2 amide bonds. The van der Waals surface area contributed by atoms with Crippen molar-refractivity contribution < 1.29 is 9.59 Å². The van der Waals surface area contributed by atoms with Crippen molar-refractivity contribution in [3.8, 4) is 0 Å². The third kappa shape index (κ3) is 5.78. The zero-order valence-corrected chi connectivity index (χ0v) is 19.8. The third-order valence-corrected chi connectivity index (χ3v) is 6.70. The van der Waals surface area contributed by atoms with Crippen molar-refractivity contribution in [3.05, 3.63) is 40.6 Å². The van der Waals surface area contributed by atoms with Gasteiger partial charge in [0.1, 0.15) is 5.70 Å². The van der Waals surface area contributed by atoms with E-state index in [0.717, 1.165) is 49.9 Å². The number of aryl methyl sites for hydroxylation is 2. The lowest BCUT2D eigenvalue weighted by molar-refractivity contribution is -0.137. The highest BCUT2D eigenvalue weighted by atomic mass is 16.2. The first-order valence-corrected chi connectivity index (χ1v) is 12.5. The van der Waals surface area contributed by atoms with Gasteiger partial charge in [-0.05, 0) is 50.7 Å². The first-order chi connectivity index (χ1) is 15.0. The number of carbonyl (C=O) groups is 2. The number of hydrogen-bond donors (Lipinski definition) is 0. The fourth-order valence-corrected chi connectivity index (χ4v) is 4.92. The van der Waals surface area contributed by atoms with Crippen molar-refractivity contribution in [2.24, 2.45) is 0 Å². The van der Waals surface area contributed by atoms with Crippen LogP contribution in [0.25, 0.3) is 5.57 Å². The summed E-state index contributed by atoms with van der Waals surface area (Å²) in [4.78, 5) is 30.6. The van der Waals surface area contributed by atoms with Gasteiger partial charge in [0.05, 0.1) is 5.57 Å². The summed E-state index contributed by atoms with van der Waals surface area (Å²) in [5.41, 5.74) is 4.44. The van der Waals surface area contributed by atoms with Crippen LogP contribution >= 0.6 is 0 Å². The van der Waals surface area contributed by atoms with E-state index in [9.17, 15) is 9.59 Å². The van der Waals surface area contributed by atoms with Gasteiger partial charge in [-0.1, -0.05) is 75.6 Å². The number of piperidine rings is 1. The standard InChI is InChI=1S/C27H40N2O2/c1-4-5-6-7-8-9-10-14-19-29-26(30)24(23-16-15-21(2)20-22(23)3)25(27(29)31)28-17-12-11-13-18-28/h15-16,20H,4-14,17-19H2,1-3H3. The molecule has 0 atom stereocenters. The average molecular weight is 425 g/mol. The summed E-state index contributed by atoms with van der Waals surface area (Å²) in [6.45, 7) is 8.62. The largest absolute Gasteiger partial charge is 0.366 e. The van der Waals surface area contributed by atoms with Crippen LogP contribution in [0, 0.1) is 13.8 Å². The van der Waals surface area contributed by atoms with E-state index < -0.39 is 0 Å². The molecule has 4 heteroatoms. The molecule has 170 valence electrons. The average Bonchev–Trinajstić information content (AvgIpc) is 3.00. The summed E-state index contributed by atoms with van der Waals surface area (Å²) in [5, 5.41) is 0. The van der Waals surface area contributed by atoms with E-state index in [-0.39, 0.29) is 11.8 Å². The van der Waals surface area contributed by atoms with Crippen LogP contribution in [0.5, 0.6) is 0 Å². The fourth-order valence-electron chi connectivity index (χ4n) is 4.92. The highest BCUT2D eigenvalue weighted by Crippen LogP contribution is 2.35. The van der Waals surface area contributed by atoms with Crippen LogP contribution in [-0.2, 0) is 9.59 Å². The van der Waals surface area contributed by atoms with Gasteiger partial charge in [0.25, 0.3) is 11.8 Å². The number of benzene rings is 1. The second-order valence-corrected chi connectivity index (χ2v) is 9.33. The SMILES string of the molecule is CCCCCCCCCCN1C(=O)C(c2ccc(C)cc2C)=C(N2CCCCC2)C1=O. The number of unbranched alkanes of at least 4 members (excludes halogenated alkanes) is 7. The minimum Gasteiger partial charge on any atom is -0.366 e. The maximum atomic E-state index is 13.5. The topological polar surface area (TPSA) is 40.6 Å². The number of amides is 2. The van der Waals surface area contributed by atoms with Crippen LogP contribution in [0.2, 0.25) is 0 Å². The fraction of sp³-hybridized carbons (Fsp3) is 0.630. The molecule has 31 heavy (non-hydrogen) atoms. The molecular formula is C27H40N2O2. The molecule has 0 N–H and O–H groups in total. The Labute approximate surface area is 188 Å². The Kier molecular flexibility index (Phi) is 8.74. The molecule has 0 unspecified atom stereocenters. The summed E-state index contributed by atoms with van der Waals surface area (Å²) in [7, 11) is 0. The van der Waals surface area contributed by atoms with Crippen molar-refractivity contribution in [1.29, 1.82) is 0 Å². The van der Waals surface area contributed by atoms with E-state index >= 15 is 0 Å². The number of carbonyl (C=O) groups excluding carboxylic acids is 2. The molecule has 2 aliphatic heterocycles. The Bertz CT molecular complexity index is 805. The van der Waals surface area contributed by atoms with Gasteiger partial charge in [-0.2, -0.15) is 0 Å². The first-order valence-electron chi connectivity index (χ1n) is 12.5. The Morgan fingerprint density at radius 3 is 2.10 bits per heavy atom. The van der Waals surface area contributed by atoms with Gasteiger partial charge in [-0.3, -0.25) is 14.5 Å². The second-order valence-electron chi connectivity index (χ2n) is 9.33. The maximum Gasteiger partial charge on any atom is 0.277 e. The lowest BCUT2D eigenvalue weighted by Crippen LogP contribution is -2.37. The predicted octanol–water partition coefficient (Wildman–Crippen LogP) is 6.01. The summed E-state index contributed by atoms with van der Waals surface area (Å²) in [6.07, 6.45) is 13.0. The van der Waals surface area contributed by atoms with E-state index in [4.69, 9.17) is 0 Å². The Hall–Kier alpha value is -2.10. The number of likely N-dealkylation sites (tertiary alicyclic amines) is 1. The molecule has 1 fully saturated rings. The van der Waals surface area contributed by atoms with Crippen molar-refractivity contribution in [1.82, 2.24) is 9.80 Å². The van der Waals surface area contributed by atoms with Gasteiger partial charge in [0.2, 0.25) is 0 Å². The molecule has 0 spiro atoms. The zero-order valence-electron chi connectivity index (χ0n) is 19.8. The molecule has 0 aromatic heterocycles. The first kappa shape index (κ1) is 23.6. The molecule has 0 aliphatic carbocycles. The highest BCUT2D eigenvalue weighted by molar-refractivity contribution is 6.35. The molecule has 0 saturated carbocycles. The molecule has 4 nitrogen and oxygen atoms in total. The number of nitrogens with zero attached hydrogens (tertiary/aromatic N) is 2. The van der Waals surface area contributed by atoms with Crippen molar-refractivity contribution in [2.45, 2.75) is 91.4 Å². The van der Waals surface area contributed by atoms with Gasteiger partial charge in [-0.25, -0.2) is 0 Å². The lowest BCUT2D eigenvalue weighted by atomic mass is 9.97. The van der Waals surface area contributed by atoms with E-state index in [1.807, 2.05) is 19.1 Å². The number of rotatable bonds is 11. The van der Waals surface area contributed by atoms with Gasteiger partial charge in [-0.15, -0.1) is 0 Å². The smallest absolute Gasteiger partial charge is 0.277 e. The molecule has 0 bridgehead atoms. The molecule has 1 aromatic rings. The van der Waals surface area contributed by atoms with Crippen LogP contribution in [0.15, 0.2) is 23.9 Å². The summed E-state index contributed by atoms with van der Waals surface area (Å²) >= 11 is 0. The molecule has 2 heterocycles. The summed E-state index contributed by atoms with van der Waals surface area (Å²) < 4.78 is 0. The Balaban J connectivity index is 1.71. The minimum atomic E-state index is -0.0968. The van der Waals surface area contributed by atoms with E-state index in [1.165, 1.54) is 55.4 Å². The van der Waals surface area contributed by atoms with Gasteiger partial charge < -0.3 is 4.90 Å². The molecule has 1 saturated heterocycles. The second kappa shape index (κ2) is 11.5. The zero-order chi connectivity index (χ0) is 22.2. The van der Waals surface area contributed by atoms with E-state index in [0.29, 0.717) is 17.8 Å². The summed E-state index contributed by atoms with van der Waals surface area (Å²) in [5.74, 6) is -0.176. The number of imide groups is 1. The molecule has 0 radical (unpaired) electrons. The van der Waals surface area contributed by atoms with Crippen molar-refractivity contribution >= 4 is 17.4 Å². The van der Waals surface area contributed by atoms with Crippen LogP contribution in [-0.4, -0.2) is 41.2 Å². The quantitative estimate of drug-likeness (QED) is 0.323. The van der Waals surface area contributed by atoms with Gasteiger partial charge >= 0.3 is 0 Å².